The lowest BCUT2D eigenvalue weighted by Crippen LogP contribution is -2.23. The summed E-state index contributed by atoms with van der Waals surface area (Å²) in [7, 11) is 0. The van der Waals surface area contributed by atoms with Crippen molar-refractivity contribution < 1.29 is 14.0 Å². The lowest BCUT2D eigenvalue weighted by Gasteiger charge is -2.21. The van der Waals surface area contributed by atoms with Gasteiger partial charge in [-0.2, -0.15) is 5.10 Å². The fraction of sp³-hybridized carbons (Fsp3) is 0.0833. The maximum Gasteiger partial charge on any atom is 0.229 e. The minimum absolute atomic E-state index is 0.183. The standard InChI is InChI=1S/C24H20FN5O2/c1-15(31)27-20-7-9-21(10-8-20)30(16(2)32)24-22(17-11-13-26-14-12-17)23(28-29-24)18-3-5-19(25)6-4-18/h3-14H,1-2H3,(H,27,31)(H,28,29). The summed E-state index contributed by atoms with van der Waals surface area (Å²) in [5.74, 6) is -0.374. The van der Waals surface area contributed by atoms with Crippen LogP contribution < -0.4 is 10.2 Å². The zero-order valence-corrected chi connectivity index (χ0v) is 17.5. The largest absolute Gasteiger partial charge is 0.326 e. The fourth-order valence-corrected chi connectivity index (χ4v) is 3.46. The normalized spacial score (nSPS) is 10.6. The predicted octanol–water partition coefficient (Wildman–Crippen LogP) is 4.92. The first kappa shape index (κ1) is 20.9. The van der Waals surface area contributed by atoms with Crippen molar-refractivity contribution in [2.24, 2.45) is 0 Å². The number of carbonyl (C=O) groups excluding carboxylic acids is 2. The lowest BCUT2D eigenvalue weighted by molar-refractivity contribution is -0.116. The van der Waals surface area contributed by atoms with Crippen LogP contribution in [0.3, 0.4) is 0 Å². The van der Waals surface area contributed by atoms with Gasteiger partial charge in [0.2, 0.25) is 11.8 Å². The Morgan fingerprint density at radius 2 is 1.56 bits per heavy atom. The number of benzene rings is 2. The molecule has 2 aromatic carbocycles. The molecule has 32 heavy (non-hydrogen) atoms. The summed E-state index contributed by atoms with van der Waals surface area (Å²) in [6.45, 7) is 2.88. The van der Waals surface area contributed by atoms with Crippen LogP contribution in [0.25, 0.3) is 22.4 Å². The van der Waals surface area contributed by atoms with Crippen molar-refractivity contribution in [3.63, 3.8) is 0 Å². The third-order valence-corrected chi connectivity index (χ3v) is 4.82. The maximum absolute atomic E-state index is 13.5. The average molecular weight is 429 g/mol. The van der Waals surface area contributed by atoms with Gasteiger partial charge in [0, 0.05) is 37.5 Å². The van der Waals surface area contributed by atoms with Crippen LogP contribution in [-0.2, 0) is 9.59 Å². The summed E-state index contributed by atoms with van der Waals surface area (Å²) in [5.41, 5.74) is 4.05. The molecule has 7 nitrogen and oxygen atoms in total. The molecule has 0 aliphatic heterocycles. The topological polar surface area (TPSA) is 91.0 Å². The highest BCUT2D eigenvalue weighted by Crippen LogP contribution is 2.40. The molecule has 0 saturated carbocycles. The SMILES string of the molecule is CC(=O)Nc1ccc(N(C(C)=O)c2n[nH]c(-c3ccc(F)cc3)c2-c2ccncc2)cc1. The van der Waals surface area contributed by atoms with Gasteiger partial charge < -0.3 is 5.32 Å². The van der Waals surface area contributed by atoms with Gasteiger partial charge in [0.15, 0.2) is 5.82 Å². The fourth-order valence-electron chi connectivity index (χ4n) is 3.46. The van der Waals surface area contributed by atoms with Gasteiger partial charge in [-0.1, -0.05) is 0 Å². The molecular weight excluding hydrogens is 409 g/mol. The Balaban J connectivity index is 1.86. The van der Waals surface area contributed by atoms with Gasteiger partial charge in [0.05, 0.1) is 16.9 Å². The smallest absolute Gasteiger partial charge is 0.229 e. The van der Waals surface area contributed by atoms with E-state index in [1.807, 2.05) is 12.1 Å². The number of H-pyrrole nitrogens is 1. The average Bonchev–Trinajstić information content (AvgIpc) is 3.20. The molecule has 0 bridgehead atoms. The molecule has 4 aromatic rings. The highest BCUT2D eigenvalue weighted by molar-refractivity contribution is 6.04. The van der Waals surface area contributed by atoms with E-state index < -0.39 is 0 Å². The zero-order valence-electron chi connectivity index (χ0n) is 17.5. The van der Waals surface area contributed by atoms with Crippen molar-refractivity contribution in [1.29, 1.82) is 0 Å². The Hall–Kier alpha value is -4.33. The summed E-state index contributed by atoms with van der Waals surface area (Å²) < 4.78 is 13.5. The van der Waals surface area contributed by atoms with E-state index >= 15 is 0 Å². The molecule has 0 fully saturated rings. The molecule has 0 aliphatic rings. The number of carbonyl (C=O) groups is 2. The molecule has 160 valence electrons. The van der Waals surface area contributed by atoms with E-state index in [0.717, 1.165) is 11.1 Å². The van der Waals surface area contributed by atoms with Gasteiger partial charge in [-0.3, -0.25) is 24.6 Å². The van der Waals surface area contributed by atoms with Crippen LogP contribution in [0, 0.1) is 5.82 Å². The number of hydrogen-bond donors (Lipinski definition) is 2. The molecule has 2 N–H and O–H groups in total. The number of nitrogens with one attached hydrogen (secondary N) is 2. The minimum Gasteiger partial charge on any atom is -0.326 e. The number of hydrogen-bond acceptors (Lipinski definition) is 4. The van der Waals surface area contributed by atoms with Crippen LogP contribution in [0.1, 0.15) is 13.8 Å². The number of rotatable bonds is 5. The molecule has 0 spiro atoms. The molecular formula is C24H20FN5O2. The maximum atomic E-state index is 13.5. The van der Waals surface area contributed by atoms with Crippen molar-refractivity contribution in [2.45, 2.75) is 13.8 Å². The van der Waals surface area contributed by atoms with Gasteiger partial charge in [-0.15, -0.1) is 0 Å². The Kier molecular flexibility index (Phi) is 5.76. The second kappa shape index (κ2) is 8.81. The predicted molar refractivity (Wildman–Crippen MR) is 121 cm³/mol. The van der Waals surface area contributed by atoms with E-state index in [2.05, 4.69) is 20.5 Å². The number of pyridine rings is 1. The third-order valence-electron chi connectivity index (χ3n) is 4.82. The van der Waals surface area contributed by atoms with Crippen molar-refractivity contribution >= 4 is 29.0 Å². The summed E-state index contributed by atoms with van der Waals surface area (Å²) >= 11 is 0. The van der Waals surface area contributed by atoms with Crippen molar-refractivity contribution in [2.75, 3.05) is 10.2 Å². The Morgan fingerprint density at radius 1 is 0.906 bits per heavy atom. The Labute approximate surface area is 183 Å². The molecule has 0 aliphatic carbocycles. The van der Waals surface area contributed by atoms with Gasteiger partial charge in [-0.05, 0) is 66.2 Å². The van der Waals surface area contributed by atoms with Gasteiger partial charge in [-0.25, -0.2) is 4.39 Å². The molecule has 8 heteroatoms. The zero-order chi connectivity index (χ0) is 22.7. The number of aromatic nitrogens is 3. The molecule has 4 rings (SSSR count). The molecule has 0 unspecified atom stereocenters. The molecule has 2 heterocycles. The second-order valence-electron chi connectivity index (χ2n) is 7.12. The van der Waals surface area contributed by atoms with E-state index in [-0.39, 0.29) is 17.6 Å². The highest BCUT2D eigenvalue weighted by Gasteiger charge is 2.25. The first-order valence-electron chi connectivity index (χ1n) is 9.87. The van der Waals surface area contributed by atoms with E-state index in [1.54, 1.807) is 48.8 Å². The van der Waals surface area contributed by atoms with Gasteiger partial charge >= 0.3 is 0 Å². The minimum atomic E-state index is -0.344. The molecule has 0 radical (unpaired) electrons. The molecule has 2 amide bonds. The highest BCUT2D eigenvalue weighted by atomic mass is 19.1. The van der Waals surface area contributed by atoms with Crippen molar-refractivity contribution in [3.05, 3.63) is 78.9 Å². The first-order chi connectivity index (χ1) is 15.4. The first-order valence-corrected chi connectivity index (χ1v) is 9.87. The van der Waals surface area contributed by atoms with Gasteiger partial charge in [0.1, 0.15) is 5.82 Å². The van der Waals surface area contributed by atoms with Crippen molar-refractivity contribution in [1.82, 2.24) is 15.2 Å². The van der Waals surface area contributed by atoms with E-state index in [4.69, 9.17) is 0 Å². The number of anilines is 3. The number of amides is 2. The quantitative estimate of drug-likeness (QED) is 0.471. The molecule has 0 saturated heterocycles. The van der Waals surface area contributed by atoms with Gasteiger partial charge in [0.25, 0.3) is 0 Å². The third kappa shape index (κ3) is 4.24. The molecule has 0 atom stereocenters. The lowest BCUT2D eigenvalue weighted by atomic mass is 10.0. The summed E-state index contributed by atoms with van der Waals surface area (Å²) in [6.07, 6.45) is 3.31. The van der Waals surface area contributed by atoms with Crippen LogP contribution in [0.4, 0.5) is 21.6 Å². The van der Waals surface area contributed by atoms with E-state index in [1.165, 1.54) is 30.9 Å². The second-order valence-corrected chi connectivity index (χ2v) is 7.12. The molecule has 2 aromatic heterocycles. The number of halogens is 1. The number of aromatic amines is 1. The monoisotopic (exact) mass is 429 g/mol. The summed E-state index contributed by atoms with van der Waals surface area (Å²) in [4.78, 5) is 29.6. The Morgan fingerprint density at radius 3 is 2.16 bits per heavy atom. The summed E-state index contributed by atoms with van der Waals surface area (Å²) in [5, 5.41) is 10.2. The van der Waals surface area contributed by atoms with Crippen LogP contribution in [0.5, 0.6) is 0 Å². The van der Waals surface area contributed by atoms with Crippen LogP contribution >= 0.6 is 0 Å². The van der Waals surface area contributed by atoms with Crippen LogP contribution in [0.15, 0.2) is 73.1 Å². The van der Waals surface area contributed by atoms with Crippen molar-refractivity contribution in [3.8, 4) is 22.4 Å². The van der Waals surface area contributed by atoms with E-state index in [9.17, 15) is 14.0 Å². The number of nitrogens with zero attached hydrogens (tertiary/aromatic N) is 3. The van der Waals surface area contributed by atoms with Crippen LogP contribution in [-0.4, -0.2) is 27.0 Å². The van der Waals surface area contributed by atoms with Crippen LogP contribution in [0.2, 0.25) is 0 Å². The Bertz CT molecular complexity index is 1250. The van der Waals surface area contributed by atoms with E-state index in [0.29, 0.717) is 28.5 Å². The summed E-state index contributed by atoms with van der Waals surface area (Å²) in [6, 6.07) is 16.6.